The molecule has 0 amide bonds. The Bertz CT molecular complexity index is 1220. The lowest BCUT2D eigenvalue weighted by Gasteiger charge is -2.11. The summed E-state index contributed by atoms with van der Waals surface area (Å²) in [4.78, 5) is 0.760. The second-order valence-electron chi connectivity index (χ2n) is 5.84. The lowest BCUT2D eigenvalue weighted by Crippen LogP contribution is -2.16. The van der Waals surface area contributed by atoms with Crippen LogP contribution >= 0.6 is 33.9 Å². The van der Waals surface area contributed by atoms with Gasteiger partial charge in [-0.3, -0.25) is 4.72 Å². The van der Waals surface area contributed by atoms with Crippen LogP contribution in [0.3, 0.4) is 0 Å². The highest BCUT2D eigenvalue weighted by molar-refractivity contribution is 14.1. The van der Waals surface area contributed by atoms with Crippen molar-refractivity contribution in [2.45, 2.75) is 4.90 Å². The molecule has 0 aliphatic rings. The van der Waals surface area contributed by atoms with E-state index in [-0.39, 0.29) is 10.7 Å². The number of nitrogens with one attached hydrogen (secondary N) is 1. The van der Waals surface area contributed by atoms with Gasteiger partial charge in [-0.1, -0.05) is 12.1 Å². The van der Waals surface area contributed by atoms with Crippen LogP contribution in [0.2, 0.25) is 0 Å². The molecule has 2 heterocycles. The molecule has 9 heteroatoms. The number of hydrogen-bond donors (Lipinski definition) is 1. The van der Waals surface area contributed by atoms with Crippen molar-refractivity contribution in [1.82, 2.24) is 9.78 Å². The summed E-state index contributed by atoms with van der Waals surface area (Å²) in [5.41, 5.74) is 1.35. The number of hydrogen-bond acceptors (Lipinski definition) is 4. The van der Waals surface area contributed by atoms with Crippen LogP contribution in [0.25, 0.3) is 16.3 Å². The molecule has 0 radical (unpaired) electrons. The molecule has 1 N–H and O–H groups in total. The Kier molecular flexibility index (Phi) is 5.21. The van der Waals surface area contributed by atoms with Gasteiger partial charge in [-0.15, -0.1) is 11.3 Å². The molecule has 142 valence electrons. The molecule has 28 heavy (non-hydrogen) atoms. The summed E-state index contributed by atoms with van der Waals surface area (Å²) < 4.78 is 44.2. The topological polar surface area (TPSA) is 64.0 Å². The molecule has 5 nitrogen and oxygen atoms in total. The zero-order chi connectivity index (χ0) is 19.7. The van der Waals surface area contributed by atoms with E-state index in [9.17, 15) is 12.8 Å². The first-order valence-corrected chi connectivity index (χ1v) is 11.5. The van der Waals surface area contributed by atoms with Gasteiger partial charge in [-0.25, -0.2) is 17.5 Å². The van der Waals surface area contributed by atoms with E-state index < -0.39 is 15.8 Å². The highest BCUT2D eigenvalue weighted by atomic mass is 127. The van der Waals surface area contributed by atoms with Crippen LogP contribution < -0.4 is 4.72 Å². The molecule has 0 aliphatic heterocycles. The van der Waals surface area contributed by atoms with Gasteiger partial charge in [0.2, 0.25) is 0 Å². The molecule has 4 aromatic rings. The monoisotopic (exact) mass is 525 g/mol. The third-order valence-corrected chi connectivity index (χ3v) is 6.86. The molecule has 2 aromatic carbocycles. The van der Waals surface area contributed by atoms with E-state index in [1.165, 1.54) is 34.2 Å². The quantitative estimate of drug-likeness (QED) is 0.367. The lowest BCUT2D eigenvalue weighted by molar-refractivity contribution is 0.595. The van der Waals surface area contributed by atoms with Crippen molar-refractivity contribution < 1.29 is 12.8 Å². The SMILES string of the molecule is O=S(=O)(Nc1cc(-c2cccs2)nn1-c1ccc(I)cc1)c1cccc(F)c1. The third-order valence-electron chi connectivity index (χ3n) is 3.90. The Balaban J connectivity index is 1.80. The minimum atomic E-state index is -3.98. The molecule has 0 saturated heterocycles. The van der Waals surface area contributed by atoms with Crippen molar-refractivity contribution in [3.63, 3.8) is 0 Å². The van der Waals surface area contributed by atoms with Crippen molar-refractivity contribution in [2.75, 3.05) is 4.72 Å². The number of sulfonamides is 1. The number of thiophene rings is 1. The zero-order valence-electron chi connectivity index (χ0n) is 14.2. The van der Waals surface area contributed by atoms with Gasteiger partial charge < -0.3 is 0 Å². The Morgan fingerprint density at radius 3 is 2.50 bits per heavy atom. The standard InChI is InChI=1S/C19H13FIN3O2S2/c20-13-3-1-4-16(11-13)28(25,26)23-19-12-17(18-5-2-10-27-18)22-24(19)15-8-6-14(21)7-9-15/h1-12,23H. The van der Waals surface area contributed by atoms with Crippen LogP contribution in [0.5, 0.6) is 0 Å². The smallest absolute Gasteiger partial charge is 0.263 e. The van der Waals surface area contributed by atoms with Gasteiger partial charge in [0.15, 0.2) is 0 Å². The molecule has 0 unspecified atom stereocenters. The first-order chi connectivity index (χ1) is 13.4. The van der Waals surface area contributed by atoms with Crippen LogP contribution in [-0.2, 0) is 10.0 Å². The van der Waals surface area contributed by atoms with Crippen LogP contribution in [-0.4, -0.2) is 18.2 Å². The van der Waals surface area contributed by atoms with E-state index in [0.29, 0.717) is 11.4 Å². The first-order valence-electron chi connectivity index (χ1n) is 8.11. The summed E-state index contributed by atoms with van der Waals surface area (Å²) in [5.74, 6) is -0.345. The van der Waals surface area contributed by atoms with E-state index in [1.807, 2.05) is 41.8 Å². The predicted octanol–water partition coefficient (Wildman–Crippen LogP) is 5.15. The average molecular weight is 525 g/mol. The third kappa shape index (κ3) is 3.96. The minimum absolute atomic E-state index is 0.152. The molecule has 0 aliphatic carbocycles. The molecular formula is C19H13FIN3O2S2. The number of rotatable bonds is 5. The molecule has 2 aromatic heterocycles. The van der Waals surface area contributed by atoms with Crippen molar-refractivity contribution >= 4 is 49.8 Å². The average Bonchev–Trinajstić information content (AvgIpc) is 3.32. The second kappa shape index (κ2) is 7.64. The fraction of sp³-hybridized carbons (Fsp3) is 0. The summed E-state index contributed by atoms with van der Waals surface area (Å²) in [6.07, 6.45) is 0. The number of anilines is 1. The van der Waals surface area contributed by atoms with E-state index >= 15 is 0 Å². The molecule has 0 spiro atoms. The molecule has 0 atom stereocenters. The van der Waals surface area contributed by atoms with Crippen LogP contribution in [0.1, 0.15) is 0 Å². The van der Waals surface area contributed by atoms with E-state index in [1.54, 1.807) is 6.07 Å². The Morgan fingerprint density at radius 1 is 1.04 bits per heavy atom. The maximum Gasteiger partial charge on any atom is 0.263 e. The first kappa shape index (κ1) is 19.1. The highest BCUT2D eigenvalue weighted by Crippen LogP contribution is 2.29. The van der Waals surface area contributed by atoms with Gasteiger partial charge in [-0.05, 0) is 76.5 Å². The van der Waals surface area contributed by atoms with Crippen molar-refractivity contribution in [2.24, 2.45) is 0 Å². The number of aromatic nitrogens is 2. The van der Waals surface area contributed by atoms with Crippen molar-refractivity contribution in [3.05, 3.63) is 81.5 Å². The summed E-state index contributed by atoms with van der Waals surface area (Å²) in [6, 6.07) is 17.9. The van der Waals surface area contributed by atoms with E-state index in [0.717, 1.165) is 14.5 Å². The highest BCUT2D eigenvalue weighted by Gasteiger charge is 2.20. The molecule has 4 rings (SSSR count). The second-order valence-corrected chi connectivity index (χ2v) is 9.72. The number of halogens is 2. The van der Waals surface area contributed by atoms with Crippen LogP contribution in [0.4, 0.5) is 10.2 Å². The molecule has 0 bridgehead atoms. The predicted molar refractivity (Wildman–Crippen MR) is 117 cm³/mol. The normalized spacial score (nSPS) is 11.5. The van der Waals surface area contributed by atoms with Crippen LogP contribution in [0.15, 0.2) is 77.0 Å². The fourth-order valence-corrected chi connectivity index (χ4v) is 4.71. The van der Waals surface area contributed by atoms with Crippen molar-refractivity contribution in [1.29, 1.82) is 0 Å². The Morgan fingerprint density at radius 2 is 1.82 bits per heavy atom. The van der Waals surface area contributed by atoms with E-state index in [2.05, 4.69) is 32.4 Å². The van der Waals surface area contributed by atoms with Gasteiger partial charge in [0.1, 0.15) is 17.3 Å². The molecular weight excluding hydrogens is 512 g/mol. The largest absolute Gasteiger partial charge is 0.263 e. The van der Waals surface area contributed by atoms with Gasteiger partial charge in [0, 0.05) is 9.64 Å². The number of nitrogens with zero attached hydrogens (tertiary/aromatic N) is 2. The summed E-state index contributed by atoms with van der Waals surface area (Å²) >= 11 is 3.70. The van der Waals surface area contributed by atoms with Gasteiger partial charge in [-0.2, -0.15) is 5.10 Å². The molecule has 0 saturated carbocycles. The lowest BCUT2D eigenvalue weighted by atomic mass is 10.3. The van der Waals surface area contributed by atoms with Gasteiger partial charge in [0.05, 0.1) is 15.5 Å². The zero-order valence-corrected chi connectivity index (χ0v) is 18.0. The van der Waals surface area contributed by atoms with Gasteiger partial charge >= 0.3 is 0 Å². The number of benzene rings is 2. The Hall–Kier alpha value is -2.24. The van der Waals surface area contributed by atoms with Crippen molar-refractivity contribution in [3.8, 4) is 16.3 Å². The minimum Gasteiger partial charge on any atom is -0.263 e. The summed E-state index contributed by atoms with van der Waals surface area (Å²) in [5, 5.41) is 6.50. The maximum atomic E-state index is 13.5. The summed E-state index contributed by atoms with van der Waals surface area (Å²) in [7, 11) is -3.98. The maximum absolute atomic E-state index is 13.5. The molecule has 0 fully saturated rings. The Labute approximate surface area is 179 Å². The fourth-order valence-electron chi connectivity index (χ4n) is 2.61. The van der Waals surface area contributed by atoms with Gasteiger partial charge in [0.25, 0.3) is 10.0 Å². The van der Waals surface area contributed by atoms with E-state index in [4.69, 9.17) is 0 Å². The summed E-state index contributed by atoms with van der Waals surface area (Å²) in [6.45, 7) is 0. The van der Waals surface area contributed by atoms with Crippen LogP contribution in [0, 0.1) is 9.39 Å².